The van der Waals surface area contributed by atoms with Crippen molar-refractivity contribution in [1.82, 2.24) is 4.98 Å². The summed E-state index contributed by atoms with van der Waals surface area (Å²) >= 11 is 13.6. The number of benzene rings is 1. The summed E-state index contributed by atoms with van der Waals surface area (Å²) < 4.78 is 5.74. The van der Waals surface area contributed by atoms with Gasteiger partial charge >= 0.3 is 0 Å². The van der Waals surface area contributed by atoms with E-state index in [1.807, 2.05) is 25.1 Å². The van der Waals surface area contributed by atoms with Crippen LogP contribution in [0, 0.1) is 13.8 Å². The Kier molecular flexibility index (Phi) is 4.49. The molecular formula is C13H13Cl2NOS. The van der Waals surface area contributed by atoms with Crippen LogP contribution in [0.5, 0.6) is 5.75 Å². The molecule has 2 rings (SSSR count). The molecule has 0 atom stereocenters. The Balaban J connectivity index is 2.13. The maximum atomic E-state index is 6.06. The normalized spacial score (nSPS) is 10.7. The Morgan fingerprint density at radius 3 is 2.72 bits per heavy atom. The van der Waals surface area contributed by atoms with Crippen molar-refractivity contribution in [2.24, 2.45) is 0 Å². The van der Waals surface area contributed by atoms with Crippen LogP contribution in [0.3, 0.4) is 0 Å². The summed E-state index contributed by atoms with van der Waals surface area (Å²) in [5, 5.41) is 1.60. The Hall–Kier alpha value is -0.770. The fourth-order valence-electron chi connectivity index (χ4n) is 1.54. The molecule has 5 heteroatoms. The highest BCUT2D eigenvalue weighted by atomic mass is 35.5. The average molecular weight is 302 g/mol. The van der Waals surface area contributed by atoms with E-state index in [9.17, 15) is 0 Å². The predicted octanol–water partition coefficient (Wildman–Crippen LogP) is 4.73. The number of hydrogen-bond donors (Lipinski definition) is 0. The second-order valence-corrected chi connectivity index (χ2v) is 5.85. The molecule has 0 saturated heterocycles. The van der Waals surface area contributed by atoms with E-state index in [1.165, 1.54) is 4.88 Å². The molecule has 18 heavy (non-hydrogen) atoms. The Morgan fingerprint density at radius 2 is 2.11 bits per heavy atom. The molecule has 0 aliphatic carbocycles. The molecule has 96 valence electrons. The van der Waals surface area contributed by atoms with Crippen LogP contribution in [0.2, 0.25) is 5.02 Å². The zero-order valence-electron chi connectivity index (χ0n) is 10.2. The molecule has 1 heterocycles. The summed E-state index contributed by atoms with van der Waals surface area (Å²) in [4.78, 5) is 5.65. The van der Waals surface area contributed by atoms with Crippen molar-refractivity contribution in [3.05, 3.63) is 44.4 Å². The number of rotatable bonds is 4. The summed E-state index contributed by atoms with van der Waals surface area (Å²) in [6, 6.07) is 5.53. The lowest BCUT2D eigenvalue weighted by Gasteiger charge is -2.09. The van der Waals surface area contributed by atoms with Gasteiger partial charge in [0.05, 0.1) is 11.6 Å². The minimum atomic E-state index is 0.338. The number of nitrogens with zero attached hydrogens (tertiary/aromatic N) is 1. The standard InChI is InChI=1S/C13H13Cl2NOS/c1-8-9(2)18-13(16-8)7-17-12-5-3-4-11(15)10(12)6-14/h3-5H,6-7H2,1-2H3. The van der Waals surface area contributed by atoms with E-state index >= 15 is 0 Å². The fourth-order valence-corrected chi connectivity index (χ4v) is 2.97. The molecule has 1 aromatic heterocycles. The highest BCUT2D eigenvalue weighted by Crippen LogP contribution is 2.29. The summed E-state index contributed by atoms with van der Waals surface area (Å²) in [6.07, 6.45) is 0. The van der Waals surface area contributed by atoms with E-state index < -0.39 is 0 Å². The fraction of sp³-hybridized carbons (Fsp3) is 0.308. The van der Waals surface area contributed by atoms with Gasteiger partial charge in [-0.05, 0) is 26.0 Å². The minimum absolute atomic E-state index is 0.338. The molecule has 0 amide bonds. The third-order valence-electron chi connectivity index (χ3n) is 2.63. The highest BCUT2D eigenvalue weighted by molar-refractivity contribution is 7.11. The number of aryl methyl sites for hydroxylation is 2. The van der Waals surface area contributed by atoms with Crippen LogP contribution in [0.4, 0.5) is 0 Å². The van der Waals surface area contributed by atoms with Gasteiger partial charge in [-0.1, -0.05) is 17.7 Å². The smallest absolute Gasteiger partial charge is 0.140 e. The molecule has 0 unspecified atom stereocenters. The van der Waals surface area contributed by atoms with Gasteiger partial charge in [0, 0.05) is 15.5 Å². The molecule has 2 nitrogen and oxygen atoms in total. The van der Waals surface area contributed by atoms with Crippen molar-refractivity contribution >= 4 is 34.5 Å². The van der Waals surface area contributed by atoms with Gasteiger partial charge in [0.1, 0.15) is 17.4 Å². The van der Waals surface area contributed by atoms with E-state index in [4.69, 9.17) is 27.9 Å². The molecule has 0 fully saturated rings. The molecule has 0 N–H and O–H groups in total. The lowest BCUT2D eigenvalue weighted by atomic mass is 10.2. The first-order valence-corrected chi connectivity index (χ1v) is 7.23. The number of aromatic nitrogens is 1. The molecule has 0 bridgehead atoms. The summed E-state index contributed by atoms with van der Waals surface area (Å²) in [7, 11) is 0. The number of thiazole rings is 1. The minimum Gasteiger partial charge on any atom is -0.486 e. The predicted molar refractivity (Wildman–Crippen MR) is 76.9 cm³/mol. The summed E-state index contributed by atoms with van der Waals surface area (Å²) in [6.45, 7) is 4.50. The van der Waals surface area contributed by atoms with E-state index in [0.717, 1.165) is 22.0 Å². The second kappa shape index (κ2) is 5.91. The van der Waals surface area contributed by atoms with Crippen LogP contribution in [0.1, 0.15) is 21.1 Å². The lowest BCUT2D eigenvalue weighted by Crippen LogP contribution is -1.98. The first kappa shape index (κ1) is 13.7. The van der Waals surface area contributed by atoms with Gasteiger partial charge in [0.15, 0.2) is 0 Å². The van der Waals surface area contributed by atoms with Crippen molar-refractivity contribution in [2.75, 3.05) is 0 Å². The topological polar surface area (TPSA) is 22.1 Å². The van der Waals surface area contributed by atoms with Gasteiger partial charge in [0.25, 0.3) is 0 Å². The van der Waals surface area contributed by atoms with Crippen molar-refractivity contribution in [3.63, 3.8) is 0 Å². The number of alkyl halides is 1. The maximum absolute atomic E-state index is 6.06. The van der Waals surface area contributed by atoms with Crippen LogP contribution in [-0.4, -0.2) is 4.98 Å². The molecule has 0 saturated carbocycles. The van der Waals surface area contributed by atoms with Gasteiger partial charge in [-0.25, -0.2) is 4.98 Å². The van der Waals surface area contributed by atoms with Gasteiger partial charge in [-0.3, -0.25) is 0 Å². The van der Waals surface area contributed by atoms with Crippen molar-refractivity contribution < 1.29 is 4.74 Å². The summed E-state index contributed by atoms with van der Waals surface area (Å²) in [5.74, 6) is 1.06. The monoisotopic (exact) mass is 301 g/mol. The third kappa shape index (κ3) is 2.97. The molecule has 0 spiro atoms. The van der Waals surface area contributed by atoms with Crippen molar-refractivity contribution in [2.45, 2.75) is 26.3 Å². The Bertz CT molecular complexity index is 534. The molecule has 0 aliphatic rings. The van der Waals surface area contributed by atoms with E-state index in [2.05, 4.69) is 11.9 Å². The van der Waals surface area contributed by atoms with Crippen molar-refractivity contribution in [1.29, 1.82) is 0 Å². The van der Waals surface area contributed by atoms with Crippen LogP contribution in [0.15, 0.2) is 18.2 Å². The van der Waals surface area contributed by atoms with Crippen LogP contribution in [-0.2, 0) is 12.5 Å². The van der Waals surface area contributed by atoms with E-state index in [0.29, 0.717) is 17.5 Å². The number of ether oxygens (including phenoxy) is 1. The first-order valence-electron chi connectivity index (χ1n) is 5.51. The summed E-state index contributed by atoms with van der Waals surface area (Å²) in [5.41, 5.74) is 1.88. The zero-order chi connectivity index (χ0) is 13.1. The maximum Gasteiger partial charge on any atom is 0.140 e. The van der Waals surface area contributed by atoms with Gasteiger partial charge in [0.2, 0.25) is 0 Å². The van der Waals surface area contributed by atoms with Crippen LogP contribution >= 0.6 is 34.5 Å². The van der Waals surface area contributed by atoms with E-state index in [1.54, 1.807) is 11.3 Å². The molecular weight excluding hydrogens is 289 g/mol. The number of hydrogen-bond acceptors (Lipinski definition) is 3. The van der Waals surface area contributed by atoms with Gasteiger partial charge in [-0.2, -0.15) is 0 Å². The molecule has 1 aromatic carbocycles. The second-order valence-electron chi connectivity index (χ2n) is 3.89. The average Bonchev–Trinajstić information content (AvgIpc) is 2.66. The largest absolute Gasteiger partial charge is 0.486 e. The highest BCUT2D eigenvalue weighted by Gasteiger charge is 2.09. The van der Waals surface area contributed by atoms with Crippen LogP contribution < -0.4 is 4.74 Å². The first-order chi connectivity index (χ1) is 8.61. The quantitative estimate of drug-likeness (QED) is 0.762. The van der Waals surface area contributed by atoms with Gasteiger partial charge < -0.3 is 4.74 Å². The Morgan fingerprint density at radius 1 is 1.33 bits per heavy atom. The lowest BCUT2D eigenvalue weighted by molar-refractivity contribution is 0.303. The number of halogens is 2. The SMILES string of the molecule is Cc1nc(COc2cccc(Cl)c2CCl)sc1C. The molecule has 2 aromatic rings. The van der Waals surface area contributed by atoms with Gasteiger partial charge in [-0.15, -0.1) is 22.9 Å². The van der Waals surface area contributed by atoms with Crippen molar-refractivity contribution in [3.8, 4) is 5.75 Å². The molecule has 0 aliphatic heterocycles. The Labute approximate surface area is 121 Å². The zero-order valence-corrected chi connectivity index (χ0v) is 12.5. The van der Waals surface area contributed by atoms with Crippen LogP contribution in [0.25, 0.3) is 0 Å². The molecule has 0 radical (unpaired) electrons. The van der Waals surface area contributed by atoms with E-state index in [-0.39, 0.29) is 0 Å². The third-order valence-corrected chi connectivity index (χ3v) is 4.30.